The van der Waals surface area contributed by atoms with Gasteiger partial charge in [-0.2, -0.15) is 0 Å². The highest BCUT2D eigenvalue weighted by molar-refractivity contribution is 5.78. The zero-order valence-corrected chi connectivity index (χ0v) is 10.1. The summed E-state index contributed by atoms with van der Waals surface area (Å²) < 4.78 is 0. The molecule has 0 spiro atoms. The number of aromatic nitrogens is 1. The summed E-state index contributed by atoms with van der Waals surface area (Å²) in [6.07, 6.45) is 1.81. The van der Waals surface area contributed by atoms with Crippen LogP contribution >= 0.6 is 0 Å². The summed E-state index contributed by atoms with van der Waals surface area (Å²) in [5, 5.41) is 20.9. The maximum Gasteiger partial charge on any atom is 0.226 e. The second-order valence-electron chi connectivity index (χ2n) is 4.38. The van der Waals surface area contributed by atoms with E-state index in [0.29, 0.717) is 5.69 Å². The Bertz CT molecular complexity index is 391. The number of carbonyl (C=O) groups is 1. The fourth-order valence-electron chi connectivity index (χ4n) is 1.26. The van der Waals surface area contributed by atoms with Gasteiger partial charge >= 0.3 is 0 Å². The molecule has 0 saturated carbocycles. The summed E-state index contributed by atoms with van der Waals surface area (Å²) in [6.45, 7) is 2.98. The molecule has 0 aliphatic rings. The molecular weight excluding hydrogens is 220 g/mol. The molecule has 0 aliphatic heterocycles. The van der Waals surface area contributed by atoms with E-state index in [2.05, 4.69) is 10.3 Å². The highest BCUT2D eigenvalue weighted by atomic mass is 16.3. The number of aryl methyl sites for hydroxylation is 1. The largest absolute Gasteiger partial charge is 0.393 e. The van der Waals surface area contributed by atoms with E-state index in [4.69, 9.17) is 5.11 Å². The lowest BCUT2D eigenvalue weighted by Gasteiger charge is -2.20. The summed E-state index contributed by atoms with van der Waals surface area (Å²) >= 11 is 0. The van der Waals surface area contributed by atoms with E-state index in [9.17, 15) is 9.90 Å². The first-order chi connectivity index (χ1) is 7.94. The Morgan fingerprint density at radius 3 is 2.88 bits per heavy atom. The molecule has 0 aromatic carbocycles. The Morgan fingerprint density at radius 2 is 2.29 bits per heavy atom. The molecule has 5 heteroatoms. The van der Waals surface area contributed by atoms with Crippen molar-refractivity contribution in [2.45, 2.75) is 25.9 Å². The molecule has 94 valence electrons. The first-order valence-electron chi connectivity index (χ1n) is 5.45. The first kappa shape index (κ1) is 13.6. The van der Waals surface area contributed by atoms with Crippen LogP contribution in [0.25, 0.3) is 0 Å². The minimum absolute atomic E-state index is 0.0220. The van der Waals surface area contributed by atoms with E-state index in [1.54, 1.807) is 6.20 Å². The van der Waals surface area contributed by atoms with Gasteiger partial charge in [0.05, 0.1) is 18.7 Å². The number of nitrogens with one attached hydrogen (secondary N) is 1. The van der Waals surface area contributed by atoms with Crippen LogP contribution in [-0.4, -0.2) is 39.9 Å². The molecule has 0 saturated heterocycles. The minimum atomic E-state index is -1.28. The standard InChI is InChI=1S/C12H18N2O3/c1-9-4-3-5-13-10(9)6-11(16)14-7-12(2,17)8-15/h3-5,15,17H,6-8H2,1-2H3,(H,14,16). The molecule has 5 nitrogen and oxygen atoms in total. The van der Waals surface area contributed by atoms with Gasteiger partial charge < -0.3 is 15.5 Å². The van der Waals surface area contributed by atoms with Crippen molar-refractivity contribution < 1.29 is 15.0 Å². The number of pyridine rings is 1. The molecule has 1 amide bonds. The Labute approximate surface area is 101 Å². The zero-order chi connectivity index (χ0) is 12.9. The molecule has 1 aromatic heterocycles. The molecule has 1 unspecified atom stereocenters. The van der Waals surface area contributed by atoms with E-state index in [0.717, 1.165) is 5.56 Å². The van der Waals surface area contributed by atoms with Crippen LogP contribution in [0.3, 0.4) is 0 Å². The van der Waals surface area contributed by atoms with Crippen LogP contribution in [0.15, 0.2) is 18.3 Å². The van der Waals surface area contributed by atoms with Gasteiger partial charge in [-0.05, 0) is 25.5 Å². The molecule has 0 aliphatic carbocycles. The topological polar surface area (TPSA) is 82.5 Å². The smallest absolute Gasteiger partial charge is 0.226 e. The lowest BCUT2D eigenvalue weighted by atomic mass is 10.1. The van der Waals surface area contributed by atoms with Gasteiger partial charge in [-0.15, -0.1) is 0 Å². The Kier molecular flexibility index (Phi) is 4.60. The number of aliphatic hydroxyl groups is 2. The number of hydrogen-bond acceptors (Lipinski definition) is 4. The second-order valence-corrected chi connectivity index (χ2v) is 4.38. The van der Waals surface area contributed by atoms with Crippen LogP contribution < -0.4 is 5.32 Å². The third kappa shape index (κ3) is 4.50. The van der Waals surface area contributed by atoms with Gasteiger partial charge in [0.15, 0.2) is 0 Å². The molecule has 3 N–H and O–H groups in total. The number of hydrogen-bond donors (Lipinski definition) is 3. The van der Waals surface area contributed by atoms with Crippen LogP contribution in [0, 0.1) is 6.92 Å². The molecule has 17 heavy (non-hydrogen) atoms. The maximum absolute atomic E-state index is 11.6. The summed E-state index contributed by atoms with van der Waals surface area (Å²) in [6, 6.07) is 3.70. The van der Waals surface area contributed by atoms with Crippen LogP contribution in [0.1, 0.15) is 18.2 Å². The Balaban J connectivity index is 2.48. The predicted octanol–water partition coefficient (Wildman–Crippen LogP) is -0.208. The lowest BCUT2D eigenvalue weighted by molar-refractivity contribution is -0.122. The number of aliphatic hydroxyl groups excluding tert-OH is 1. The predicted molar refractivity (Wildman–Crippen MR) is 63.4 cm³/mol. The van der Waals surface area contributed by atoms with Crippen molar-refractivity contribution in [3.05, 3.63) is 29.6 Å². The maximum atomic E-state index is 11.6. The lowest BCUT2D eigenvalue weighted by Crippen LogP contribution is -2.43. The zero-order valence-electron chi connectivity index (χ0n) is 10.1. The van der Waals surface area contributed by atoms with Gasteiger partial charge in [-0.1, -0.05) is 6.07 Å². The molecule has 0 fully saturated rings. The van der Waals surface area contributed by atoms with Crippen molar-refractivity contribution in [3.63, 3.8) is 0 Å². The van der Waals surface area contributed by atoms with E-state index in [1.165, 1.54) is 6.92 Å². The fraction of sp³-hybridized carbons (Fsp3) is 0.500. The molecule has 1 rings (SSSR count). The van der Waals surface area contributed by atoms with Crippen molar-refractivity contribution in [1.82, 2.24) is 10.3 Å². The van der Waals surface area contributed by atoms with Gasteiger partial charge in [-0.3, -0.25) is 9.78 Å². The molecule has 0 radical (unpaired) electrons. The SMILES string of the molecule is Cc1cccnc1CC(=O)NCC(C)(O)CO. The van der Waals surface area contributed by atoms with Crippen molar-refractivity contribution >= 4 is 5.91 Å². The summed E-state index contributed by atoms with van der Waals surface area (Å²) in [4.78, 5) is 15.7. The van der Waals surface area contributed by atoms with Crippen molar-refractivity contribution in [2.24, 2.45) is 0 Å². The van der Waals surface area contributed by atoms with E-state index >= 15 is 0 Å². The van der Waals surface area contributed by atoms with Crippen LogP contribution in [-0.2, 0) is 11.2 Å². The highest BCUT2D eigenvalue weighted by Gasteiger charge is 2.19. The number of nitrogens with zero attached hydrogens (tertiary/aromatic N) is 1. The number of carbonyl (C=O) groups excluding carboxylic acids is 1. The van der Waals surface area contributed by atoms with Gasteiger partial charge in [0, 0.05) is 12.7 Å². The van der Waals surface area contributed by atoms with E-state index < -0.39 is 12.2 Å². The van der Waals surface area contributed by atoms with Gasteiger partial charge in [0.2, 0.25) is 5.91 Å². The number of rotatable bonds is 5. The minimum Gasteiger partial charge on any atom is -0.393 e. The molecule has 1 heterocycles. The third-order valence-corrected chi connectivity index (χ3v) is 2.45. The molecular formula is C12H18N2O3. The van der Waals surface area contributed by atoms with Crippen molar-refractivity contribution in [2.75, 3.05) is 13.2 Å². The highest BCUT2D eigenvalue weighted by Crippen LogP contribution is 2.04. The van der Waals surface area contributed by atoms with Gasteiger partial charge in [0.1, 0.15) is 5.60 Å². The van der Waals surface area contributed by atoms with Crippen LogP contribution in [0.4, 0.5) is 0 Å². The average Bonchev–Trinajstić information content (AvgIpc) is 2.30. The Morgan fingerprint density at radius 1 is 1.59 bits per heavy atom. The molecule has 0 bridgehead atoms. The normalized spacial score (nSPS) is 14.1. The quantitative estimate of drug-likeness (QED) is 0.663. The monoisotopic (exact) mass is 238 g/mol. The van der Waals surface area contributed by atoms with E-state index in [1.807, 2.05) is 19.1 Å². The van der Waals surface area contributed by atoms with E-state index in [-0.39, 0.29) is 18.9 Å². The average molecular weight is 238 g/mol. The molecule has 1 atom stereocenters. The third-order valence-electron chi connectivity index (χ3n) is 2.45. The van der Waals surface area contributed by atoms with Gasteiger partial charge in [-0.25, -0.2) is 0 Å². The van der Waals surface area contributed by atoms with Crippen molar-refractivity contribution in [1.29, 1.82) is 0 Å². The Hall–Kier alpha value is -1.46. The summed E-state index contributed by atoms with van der Waals surface area (Å²) in [5.74, 6) is -0.222. The first-order valence-corrected chi connectivity index (χ1v) is 5.45. The second kappa shape index (κ2) is 5.75. The summed E-state index contributed by atoms with van der Waals surface area (Å²) in [5.41, 5.74) is 0.389. The molecule has 1 aromatic rings. The summed E-state index contributed by atoms with van der Waals surface area (Å²) in [7, 11) is 0. The number of amides is 1. The van der Waals surface area contributed by atoms with Gasteiger partial charge in [0.25, 0.3) is 0 Å². The van der Waals surface area contributed by atoms with Crippen LogP contribution in [0.2, 0.25) is 0 Å². The van der Waals surface area contributed by atoms with Crippen LogP contribution in [0.5, 0.6) is 0 Å². The van der Waals surface area contributed by atoms with Crippen molar-refractivity contribution in [3.8, 4) is 0 Å². The fourth-order valence-corrected chi connectivity index (χ4v) is 1.26.